The minimum absolute atomic E-state index is 0.303. The standard InChI is InChI=1S/C13H16N4O2/c1-8-12(13(18)19)9(2)17(15-8)6-11-5-14-7-16(11)10-3-4-10/h5,7,10H,3-4,6H2,1-2H3,(H,18,19). The van der Waals surface area contributed by atoms with Crippen molar-refractivity contribution in [2.75, 3.05) is 0 Å². The molecule has 3 rings (SSSR count). The number of hydrogen-bond donors (Lipinski definition) is 1. The second kappa shape index (κ2) is 4.22. The number of carboxylic acids is 1. The van der Waals surface area contributed by atoms with Crippen molar-refractivity contribution < 1.29 is 9.90 Å². The summed E-state index contributed by atoms with van der Waals surface area (Å²) >= 11 is 0. The first-order valence-electron chi connectivity index (χ1n) is 6.36. The van der Waals surface area contributed by atoms with E-state index in [0.29, 0.717) is 29.5 Å². The van der Waals surface area contributed by atoms with Crippen LogP contribution in [0.5, 0.6) is 0 Å². The average molecular weight is 260 g/mol. The highest BCUT2D eigenvalue weighted by Gasteiger charge is 2.26. The molecule has 0 amide bonds. The second-order valence-electron chi connectivity index (χ2n) is 5.03. The van der Waals surface area contributed by atoms with Crippen LogP contribution < -0.4 is 0 Å². The zero-order chi connectivity index (χ0) is 13.6. The lowest BCUT2D eigenvalue weighted by molar-refractivity contribution is 0.0695. The summed E-state index contributed by atoms with van der Waals surface area (Å²) in [7, 11) is 0. The first-order chi connectivity index (χ1) is 9.08. The summed E-state index contributed by atoms with van der Waals surface area (Å²) in [5.74, 6) is -0.919. The van der Waals surface area contributed by atoms with Crippen molar-refractivity contribution in [1.82, 2.24) is 19.3 Å². The zero-order valence-electron chi connectivity index (χ0n) is 11.0. The smallest absolute Gasteiger partial charge is 0.339 e. The maximum absolute atomic E-state index is 11.2. The maximum Gasteiger partial charge on any atom is 0.339 e. The van der Waals surface area contributed by atoms with Crippen molar-refractivity contribution in [1.29, 1.82) is 0 Å². The Kier molecular flexibility index (Phi) is 2.66. The van der Waals surface area contributed by atoms with Gasteiger partial charge in [0.15, 0.2) is 0 Å². The molecule has 0 unspecified atom stereocenters. The highest BCUT2D eigenvalue weighted by atomic mass is 16.4. The van der Waals surface area contributed by atoms with Crippen LogP contribution in [0.15, 0.2) is 12.5 Å². The van der Waals surface area contributed by atoms with Gasteiger partial charge in [0.05, 0.1) is 36.2 Å². The van der Waals surface area contributed by atoms with Crippen LogP contribution in [-0.4, -0.2) is 30.4 Å². The van der Waals surface area contributed by atoms with Gasteiger partial charge >= 0.3 is 5.97 Å². The van der Waals surface area contributed by atoms with Gasteiger partial charge in [-0.3, -0.25) is 4.68 Å². The minimum Gasteiger partial charge on any atom is -0.478 e. The Balaban J connectivity index is 1.93. The normalized spacial score (nSPS) is 14.8. The maximum atomic E-state index is 11.2. The molecule has 0 radical (unpaired) electrons. The number of aryl methyl sites for hydroxylation is 1. The number of imidazole rings is 1. The fraction of sp³-hybridized carbons (Fsp3) is 0.462. The molecule has 0 aromatic carbocycles. The lowest BCUT2D eigenvalue weighted by Crippen LogP contribution is -2.09. The van der Waals surface area contributed by atoms with Crippen LogP contribution in [0.1, 0.15) is 46.3 Å². The fourth-order valence-electron chi connectivity index (χ4n) is 2.45. The molecule has 19 heavy (non-hydrogen) atoms. The third-order valence-corrected chi connectivity index (χ3v) is 3.59. The molecular weight excluding hydrogens is 244 g/mol. The molecular formula is C13H16N4O2. The van der Waals surface area contributed by atoms with Gasteiger partial charge in [0.1, 0.15) is 5.56 Å². The Bertz CT molecular complexity index is 637. The van der Waals surface area contributed by atoms with Crippen molar-refractivity contribution in [3.63, 3.8) is 0 Å². The van der Waals surface area contributed by atoms with E-state index in [1.165, 1.54) is 12.8 Å². The topological polar surface area (TPSA) is 72.9 Å². The summed E-state index contributed by atoms with van der Waals surface area (Å²) in [5.41, 5.74) is 2.62. The largest absolute Gasteiger partial charge is 0.478 e. The number of carboxylic acid groups (broad SMARTS) is 1. The summed E-state index contributed by atoms with van der Waals surface area (Å²) < 4.78 is 3.91. The Hall–Kier alpha value is -2.11. The van der Waals surface area contributed by atoms with Gasteiger partial charge in [-0.05, 0) is 26.7 Å². The third-order valence-electron chi connectivity index (χ3n) is 3.59. The molecule has 1 aliphatic rings. The van der Waals surface area contributed by atoms with Gasteiger partial charge in [0.2, 0.25) is 0 Å². The molecule has 0 bridgehead atoms. The average Bonchev–Trinajstić information content (AvgIpc) is 3.01. The molecule has 1 aliphatic carbocycles. The third kappa shape index (κ3) is 2.03. The number of nitrogens with zero attached hydrogens (tertiary/aromatic N) is 4. The second-order valence-corrected chi connectivity index (χ2v) is 5.03. The van der Waals surface area contributed by atoms with Crippen LogP contribution >= 0.6 is 0 Å². The Labute approximate surface area is 110 Å². The molecule has 2 heterocycles. The SMILES string of the molecule is Cc1nn(Cc2cncn2C2CC2)c(C)c1C(=O)O. The monoisotopic (exact) mass is 260 g/mol. The van der Waals surface area contributed by atoms with E-state index in [1.807, 2.05) is 12.5 Å². The zero-order valence-corrected chi connectivity index (χ0v) is 11.0. The molecule has 6 nitrogen and oxygen atoms in total. The molecule has 1 fully saturated rings. The quantitative estimate of drug-likeness (QED) is 0.909. The lowest BCUT2D eigenvalue weighted by atomic mass is 10.2. The molecule has 1 N–H and O–H groups in total. The van der Waals surface area contributed by atoms with E-state index in [0.717, 1.165) is 5.69 Å². The van der Waals surface area contributed by atoms with E-state index < -0.39 is 5.97 Å². The minimum atomic E-state index is -0.919. The molecule has 1 saturated carbocycles. The molecule has 0 atom stereocenters. The number of carbonyl (C=O) groups is 1. The predicted octanol–water partition coefficient (Wildman–Crippen LogP) is 1.78. The van der Waals surface area contributed by atoms with E-state index in [9.17, 15) is 4.79 Å². The fourth-order valence-corrected chi connectivity index (χ4v) is 2.45. The number of rotatable bonds is 4. The van der Waals surface area contributed by atoms with Crippen molar-refractivity contribution in [3.8, 4) is 0 Å². The number of hydrogen-bond acceptors (Lipinski definition) is 3. The van der Waals surface area contributed by atoms with Gasteiger partial charge in [-0.15, -0.1) is 0 Å². The summed E-state index contributed by atoms with van der Waals surface area (Å²) in [6, 6.07) is 0.563. The molecule has 2 aromatic rings. The van der Waals surface area contributed by atoms with E-state index in [1.54, 1.807) is 18.5 Å². The van der Waals surface area contributed by atoms with Crippen LogP contribution in [0.3, 0.4) is 0 Å². The highest BCUT2D eigenvalue weighted by Crippen LogP contribution is 2.35. The first-order valence-corrected chi connectivity index (χ1v) is 6.36. The van der Waals surface area contributed by atoms with Gasteiger partial charge in [-0.1, -0.05) is 0 Å². The number of aromatic nitrogens is 4. The molecule has 2 aromatic heterocycles. The van der Waals surface area contributed by atoms with E-state index in [-0.39, 0.29) is 0 Å². The van der Waals surface area contributed by atoms with E-state index in [2.05, 4.69) is 14.6 Å². The summed E-state index contributed by atoms with van der Waals surface area (Å²) in [6.07, 6.45) is 6.06. The molecule has 0 aliphatic heterocycles. The van der Waals surface area contributed by atoms with Gasteiger partial charge in [0.25, 0.3) is 0 Å². The first kappa shape index (κ1) is 12.0. The van der Waals surface area contributed by atoms with Gasteiger partial charge in [-0.25, -0.2) is 9.78 Å². The Morgan fingerprint density at radius 3 is 2.79 bits per heavy atom. The lowest BCUT2D eigenvalue weighted by Gasteiger charge is -2.08. The number of aromatic carboxylic acids is 1. The van der Waals surface area contributed by atoms with Crippen LogP contribution in [0.2, 0.25) is 0 Å². The van der Waals surface area contributed by atoms with Crippen molar-refractivity contribution in [2.45, 2.75) is 39.3 Å². The highest BCUT2D eigenvalue weighted by molar-refractivity contribution is 5.90. The van der Waals surface area contributed by atoms with Gasteiger partial charge in [-0.2, -0.15) is 5.10 Å². The molecule has 100 valence electrons. The van der Waals surface area contributed by atoms with Crippen molar-refractivity contribution in [2.24, 2.45) is 0 Å². The van der Waals surface area contributed by atoms with Crippen LogP contribution in [0.25, 0.3) is 0 Å². The summed E-state index contributed by atoms with van der Waals surface area (Å²) in [6.45, 7) is 4.09. The van der Waals surface area contributed by atoms with Crippen molar-refractivity contribution in [3.05, 3.63) is 35.2 Å². The van der Waals surface area contributed by atoms with Gasteiger partial charge < -0.3 is 9.67 Å². The molecule has 0 saturated heterocycles. The Morgan fingerprint density at radius 2 is 2.21 bits per heavy atom. The molecule has 0 spiro atoms. The van der Waals surface area contributed by atoms with Gasteiger partial charge in [0, 0.05) is 6.04 Å². The predicted molar refractivity (Wildman–Crippen MR) is 68.3 cm³/mol. The summed E-state index contributed by atoms with van der Waals surface area (Å²) in [4.78, 5) is 15.4. The molecule has 6 heteroatoms. The van der Waals surface area contributed by atoms with Crippen LogP contribution in [-0.2, 0) is 6.54 Å². The van der Waals surface area contributed by atoms with Crippen LogP contribution in [0, 0.1) is 13.8 Å². The Morgan fingerprint density at radius 1 is 1.47 bits per heavy atom. The van der Waals surface area contributed by atoms with Crippen molar-refractivity contribution >= 4 is 5.97 Å². The van der Waals surface area contributed by atoms with E-state index in [4.69, 9.17) is 5.11 Å². The summed E-state index contributed by atoms with van der Waals surface area (Å²) in [5, 5.41) is 13.5. The van der Waals surface area contributed by atoms with Crippen LogP contribution in [0.4, 0.5) is 0 Å². The van der Waals surface area contributed by atoms with E-state index >= 15 is 0 Å².